The van der Waals surface area contributed by atoms with Gasteiger partial charge in [-0.15, -0.1) is 0 Å². The average Bonchev–Trinajstić information content (AvgIpc) is 2.77. The van der Waals surface area contributed by atoms with E-state index in [1.165, 1.54) is 21.5 Å². The first kappa shape index (κ1) is 5.25. The highest BCUT2D eigenvalue weighted by Crippen LogP contribution is 2.29. The van der Waals surface area contributed by atoms with E-state index in [4.69, 9.17) is 0 Å². The van der Waals surface area contributed by atoms with E-state index in [9.17, 15) is 0 Å². The highest BCUT2D eigenvalue weighted by molar-refractivity contribution is 6.07. The van der Waals surface area contributed by atoms with Gasteiger partial charge < -0.3 is 0 Å². The van der Waals surface area contributed by atoms with E-state index in [0.717, 1.165) is 0 Å². The van der Waals surface area contributed by atoms with Crippen LogP contribution in [0.5, 0.6) is 0 Å². The van der Waals surface area contributed by atoms with Crippen molar-refractivity contribution in [1.82, 2.24) is 0 Å². The molecule has 0 aromatic heterocycles. The molecule has 0 radical (unpaired) electrons. The maximum atomic E-state index is 2.24. The third-order valence-corrected chi connectivity index (χ3v) is 2.18. The molecular formula is C11H7+. The number of hydrogen-bond donors (Lipinski definition) is 0. The van der Waals surface area contributed by atoms with Crippen molar-refractivity contribution in [3.05, 3.63) is 42.5 Å². The zero-order valence-electron chi connectivity index (χ0n) is 6.04. The number of rotatable bonds is 0. The molecule has 0 N–H and O–H groups in total. The normalized spacial score (nSPS) is 11.6. The van der Waals surface area contributed by atoms with E-state index in [1.807, 2.05) is 0 Å². The SMILES string of the molecule is c1cc2cc3cc3cc2c[cH+]1. The van der Waals surface area contributed by atoms with Gasteiger partial charge in [0.05, 0.1) is 16.8 Å². The topological polar surface area (TPSA) is 0 Å². The minimum Gasteiger partial charge on any atom is -0.0451 e. The number of fused-ring (bicyclic) bond motifs is 2. The van der Waals surface area contributed by atoms with Crippen LogP contribution in [0.3, 0.4) is 0 Å². The lowest BCUT2D eigenvalue weighted by molar-refractivity contribution is 1.82. The van der Waals surface area contributed by atoms with Crippen LogP contribution in [0.15, 0.2) is 42.5 Å². The standard InChI is InChI=1S/C11H7/c1-2-4-9-6-11-7-10(11)5-8(9)3-1/h1-7H/q+1. The van der Waals surface area contributed by atoms with Crippen molar-refractivity contribution in [2.24, 2.45) is 0 Å². The Kier molecular flexibility index (Phi) is 0.759. The first-order chi connectivity index (χ1) is 5.43. The van der Waals surface area contributed by atoms with E-state index in [2.05, 4.69) is 42.5 Å². The minimum absolute atomic E-state index is 1.35. The van der Waals surface area contributed by atoms with E-state index in [-0.39, 0.29) is 0 Å². The van der Waals surface area contributed by atoms with Crippen molar-refractivity contribution in [3.63, 3.8) is 0 Å². The van der Waals surface area contributed by atoms with Crippen LogP contribution >= 0.6 is 0 Å². The Balaban J connectivity index is 2.59. The molecule has 0 aliphatic rings. The molecule has 11 heavy (non-hydrogen) atoms. The predicted octanol–water partition coefficient (Wildman–Crippen LogP) is 3.15. The fourth-order valence-electron chi connectivity index (χ4n) is 1.49. The lowest BCUT2D eigenvalue weighted by Crippen LogP contribution is -1.65. The summed E-state index contributed by atoms with van der Waals surface area (Å²) >= 11 is 0. The first-order valence-corrected chi connectivity index (χ1v) is 3.81. The number of hydrogen-bond acceptors (Lipinski definition) is 0. The van der Waals surface area contributed by atoms with Crippen molar-refractivity contribution in [3.8, 4) is 0 Å². The van der Waals surface area contributed by atoms with E-state index >= 15 is 0 Å². The van der Waals surface area contributed by atoms with Gasteiger partial charge in [0.15, 0.2) is 0 Å². The monoisotopic (exact) mass is 139 g/mol. The predicted molar refractivity (Wildman–Crippen MR) is 48.2 cm³/mol. The van der Waals surface area contributed by atoms with E-state index in [0.29, 0.717) is 0 Å². The first-order valence-electron chi connectivity index (χ1n) is 3.81. The van der Waals surface area contributed by atoms with Crippen LogP contribution in [-0.2, 0) is 0 Å². The molecule has 0 saturated carbocycles. The molecule has 3 aromatic carbocycles. The smallest absolute Gasteiger partial charge is 0.0451 e. The molecule has 0 atom stereocenters. The molecule has 0 heterocycles. The summed E-state index contributed by atoms with van der Waals surface area (Å²) in [5.74, 6) is 0. The average molecular weight is 139 g/mol. The molecular weight excluding hydrogens is 132 g/mol. The molecule has 0 aliphatic carbocycles. The van der Waals surface area contributed by atoms with E-state index < -0.39 is 0 Å². The zero-order chi connectivity index (χ0) is 7.26. The lowest BCUT2D eigenvalue weighted by Gasteiger charge is -1.83. The third-order valence-electron chi connectivity index (χ3n) is 2.18. The maximum Gasteiger partial charge on any atom is 0.0919 e. The van der Waals surface area contributed by atoms with E-state index in [1.54, 1.807) is 0 Å². The Morgan fingerprint density at radius 3 is 2.45 bits per heavy atom. The van der Waals surface area contributed by atoms with Gasteiger partial charge in [0.25, 0.3) is 0 Å². The molecule has 0 aliphatic heterocycles. The quantitative estimate of drug-likeness (QED) is 0.420. The fraction of sp³-hybridized carbons (Fsp3) is 0. The zero-order valence-corrected chi connectivity index (χ0v) is 6.04. The van der Waals surface area contributed by atoms with Gasteiger partial charge in [0.1, 0.15) is 0 Å². The van der Waals surface area contributed by atoms with Crippen LogP contribution in [0.2, 0.25) is 0 Å². The van der Waals surface area contributed by atoms with Crippen LogP contribution in [0, 0.1) is 0 Å². The van der Waals surface area contributed by atoms with Crippen molar-refractivity contribution < 1.29 is 0 Å². The van der Waals surface area contributed by atoms with Gasteiger partial charge in [-0.05, 0) is 22.9 Å². The van der Waals surface area contributed by atoms with Gasteiger partial charge in [-0.25, -0.2) is 0 Å². The van der Waals surface area contributed by atoms with Crippen molar-refractivity contribution >= 4 is 21.5 Å². The van der Waals surface area contributed by atoms with Gasteiger partial charge >= 0.3 is 0 Å². The molecule has 0 amide bonds. The molecule has 3 aromatic rings. The highest BCUT2D eigenvalue weighted by atomic mass is 14.1. The summed E-state index contributed by atoms with van der Waals surface area (Å²) in [7, 11) is 0. The third kappa shape index (κ3) is 0.666. The highest BCUT2D eigenvalue weighted by Gasteiger charge is 2.06. The Labute approximate surface area is 64.8 Å². The van der Waals surface area contributed by atoms with Crippen molar-refractivity contribution in [2.75, 3.05) is 0 Å². The van der Waals surface area contributed by atoms with Gasteiger partial charge in [-0.3, -0.25) is 0 Å². The Hall–Kier alpha value is -1.43. The Morgan fingerprint density at radius 2 is 1.55 bits per heavy atom. The van der Waals surface area contributed by atoms with Crippen molar-refractivity contribution in [2.45, 2.75) is 0 Å². The Bertz CT molecular complexity index is 444. The van der Waals surface area contributed by atoms with Crippen LogP contribution in [-0.4, -0.2) is 0 Å². The summed E-state index contributed by atoms with van der Waals surface area (Å²) in [5.41, 5.74) is 0. The second-order valence-electron chi connectivity index (χ2n) is 2.97. The second kappa shape index (κ2) is 1.59. The largest absolute Gasteiger partial charge is 0.0919 e. The van der Waals surface area contributed by atoms with Gasteiger partial charge in [-0.2, -0.15) is 0 Å². The lowest BCUT2D eigenvalue weighted by atomic mass is 10.1. The van der Waals surface area contributed by atoms with Crippen LogP contribution in [0.25, 0.3) is 21.5 Å². The van der Waals surface area contributed by atoms with Gasteiger partial charge in [0, 0.05) is 24.3 Å². The summed E-state index contributed by atoms with van der Waals surface area (Å²) < 4.78 is 0. The Morgan fingerprint density at radius 1 is 0.818 bits per heavy atom. The number of benzene rings is 2. The van der Waals surface area contributed by atoms with Crippen molar-refractivity contribution in [1.29, 1.82) is 0 Å². The summed E-state index contributed by atoms with van der Waals surface area (Å²) in [6.07, 6.45) is 0. The van der Waals surface area contributed by atoms with Gasteiger partial charge in [0.2, 0.25) is 0 Å². The minimum atomic E-state index is 1.35. The molecule has 3 rings (SSSR count). The summed E-state index contributed by atoms with van der Waals surface area (Å²) in [4.78, 5) is 0. The molecule has 0 fully saturated rings. The molecule has 0 spiro atoms. The fourth-order valence-corrected chi connectivity index (χ4v) is 1.49. The molecule has 0 heteroatoms. The summed E-state index contributed by atoms with van der Waals surface area (Å²) in [5, 5.41) is 5.51. The summed E-state index contributed by atoms with van der Waals surface area (Å²) in [6, 6.07) is 15.2. The molecule has 0 bridgehead atoms. The maximum absolute atomic E-state index is 2.24. The second-order valence-corrected chi connectivity index (χ2v) is 2.97. The molecule has 0 saturated heterocycles. The van der Waals surface area contributed by atoms with Crippen LogP contribution < -0.4 is 0 Å². The van der Waals surface area contributed by atoms with Crippen LogP contribution in [0.4, 0.5) is 0 Å². The van der Waals surface area contributed by atoms with Crippen LogP contribution in [0.1, 0.15) is 0 Å². The summed E-state index contributed by atoms with van der Waals surface area (Å²) in [6.45, 7) is 0. The van der Waals surface area contributed by atoms with Gasteiger partial charge in [-0.1, -0.05) is 0 Å². The molecule has 0 unspecified atom stereocenters. The molecule has 0 nitrogen and oxygen atoms in total. The molecule has 50 valence electrons.